The van der Waals surface area contributed by atoms with Gasteiger partial charge in [0.1, 0.15) is 17.1 Å². The Balaban J connectivity index is 2.71. The molecule has 0 bridgehead atoms. The predicted molar refractivity (Wildman–Crippen MR) is 72.5 cm³/mol. The number of benzene rings is 1. The molecule has 1 heterocycles. The van der Waals surface area contributed by atoms with Crippen LogP contribution in [0.5, 0.6) is 11.5 Å². The molecule has 2 aromatic rings. The molecule has 0 aliphatic rings. The van der Waals surface area contributed by atoms with Gasteiger partial charge < -0.3 is 9.47 Å². The zero-order chi connectivity index (χ0) is 15.6. The average molecular weight is 297 g/mol. The van der Waals surface area contributed by atoms with E-state index in [1.165, 1.54) is 20.3 Å². The van der Waals surface area contributed by atoms with Crippen molar-refractivity contribution < 1.29 is 22.6 Å². The van der Waals surface area contributed by atoms with Crippen molar-refractivity contribution in [2.75, 3.05) is 14.2 Å². The third kappa shape index (κ3) is 2.94. The summed E-state index contributed by atoms with van der Waals surface area (Å²) in [6.07, 6.45) is -2.90. The number of pyridine rings is 1. The van der Waals surface area contributed by atoms with E-state index in [0.717, 1.165) is 6.07 Å². The monoisotopic (exact) mass is 297 g/mol. The maximum Gasteiger partial charge on any atom is 0.420 e. The number of nitrogens with zero attached hydrogens (tertiary/aromatic N) is 1. The summed E-state index contributed by atoms with van der Waals surface area (Å²) in [5.74, 6) is -0.124. The Morgan fingerprint density at radius 3 is 2.19 bits per heavy atom. The van der Waals surface area contributed by atoms with Gasteiger partial charge in [0.05, 0.1) is 14.2 Å². The topological polar surface area (TPSA) is 31.4 Å². The molecule has 6 heteroatoms. The first kappa shape index (κ1) is 15.2. The van der Waals surface area contributed by atoms with E-state index >= 15 is 0 Å². The quantitative estimate of drug-likeness (QED) is 0.855. The molecule has 0 N–H and O–H groups in total. The Morgan fingerprint density at radius 1 is 1.00 bits per heavy atom. The number of halogens is 3. The molecule has 0 aliphatic heterocycles. The van der Waals surface area contributed by atoms with Crippen LogP contribution in [0.4, 0.5) is 13.2 Å². The van der Waals surface area contributed by atoms with Gasteiger partial charge in [0.25, 0.3) is 0 Å². The van der Waals surface area contributed by atoms with Crippen LogP contribution < -0.4 is 9.47 Å². The second kappa shape index (κ2) is 5.63. The van der Waals surface area contributed by atoms with Crippen molar-refractivity contribution in [1.82, 2.24) is 4.98 Å². The number of aryl methyl sites for hydroxylation is 1. The van der Waals surface area contributed by atoms with Crippen LogP contribution in [-0.2, 0) is 6.18 Å². The first-order valence-corrected chi connectivity index (χ1v) is 6.13. The van der Waals surface area contributed by atoms with Crippen LogP contribution in [0, 0.1) is 6.92 Å². The standard InChI is InChI=1S/C15H14F3NO2/c1-9-10(5-4-6-19-9)11-7-14(21-3)12(15(16,17)18)8-13(11)20-2/h4-8H,1-3H3. The lowest BCUT2D eigenvalue weighted by Gasteiger charge is -2.17. The Hall–Kier alpha value is -2.24. The lowest BCUT2D eigenvalue weighted by atomic mass is 10.0. The molecule has 112 valence electrons. The van der Waals surface area contributed by atoms with Crippen LogP contribution >= 0.6 is 0 Å². The van der Waals surface area contributed by atoms with Crippen LogP contribution in [0.2, 0.25) is 0 Å². The average Bonchev–Trinajstić information content (AvgIpc) is 2.45. The van der Waals surface area contributed by atoms with E-state index in [1.54, 1.807) is 25.3 Å². The zero-order valence-electron chi connectivity index (χ0n) is 11.8. The molecule has 3 nitrogen and oxygen atoms in total. The molecule has 1 aromatic heterocycles. The van der Waals surface area contributed by atoms with E-state index in [9.17, 15) is 13.2 Å². The number of methoxy groups -OCH3 is 2. The summed E-state index contributed by atoms with van der Waals surface area (Å²) in [6, 6.07) is 5.76. The SMILES string of the molecule is COc1cc(C(F)(F)F)c(OC)cc1-c1cccnc1C. The van der Waals surface area contributed by atoms with E-state index in [-0.39, 0.29) is 11.5 Å². The molecule has 2 rings (SSSR count). The van der Waals surface area contributed by atoms with Gasteiger partial charge in [0, 0.05) is 23.0 Å². The van der Waals surface area contributed by atoms with E-state index in [2.05, 4.69) is 4.98 Å². The molecule has 0 amide bonds. The number of rotatable bonds is 3. The molecule has 0 atom stereocenters. The van der Waals surface area contributed by atoms with Crippen molar-refractivity contribution >= 4 is 0 Å². The number of aromatic nitrogens is 1. The minimum Gasteiger partial charge on any atom is -0.496 e. The normalized spacial score (nSPS) is 11.3. The highest BCUT2D eigenvalue weighted by Crippen LogP contribution is 2.43. The zero-order valence-corrected chi connectivity index (χ0v) is 11.8. The highest BCUT2D eigenvalue weighted by Gasteiger charge is 2.35. The van der Waals surface area contributed by atoms with E-state index < -0.39 is 11.7 Å². The minimum absolute atomic E-state index is 0.124. The van der Waals surface area contributed by atoms with Crippen molar-refractivity contribution in [2.45, 2.75) is 13.1 Å². The molecule has 0 unspecified atom stereocenters. The van der Waals surface area contributed by atoms with Crippen LogP contribution in [0.25, 0.3) is 11.1 Å². The van der Waals surface area contributed by atoms with Crippen molar-refractivity contribution in [3.63, 3.8) is 0 Å². The lowest BCUT2D eigenvalue weighted by molar-refractivity contribution is -0.138. The summed E-state index contributed by atoms with van der Waals surface area (Å²) in [5, 5.41) is 0. The number of hydrogen-bond donors (Lipinski definition) is 0. The van der Waals surface area contributed by atoms with Gasteiger partial charge in [0.2, 0.25) is 0 Å². The van der Waals surface area contributed by atoms with Crippen LogP contribution in [-0.4, -0.2) is 19.2 Å². The second-order valence-corrected chi connectivity index (χ2v) is 4.39. The summed E-state index contributed by atoms with van der Waals surface area (Å²) < 4.78 is 49.0. The number of hydrogen-bond acceptors (Lipinski definition) is 3. The van der Waals surface area contributed by atoms with Crippen molar-refractivity contribution in [2.24, 2.45) is 0 Å². The smallest absolute Gasteiger partial charge is 0.420 e. The molecule has 0 fully saturated rings. The van der Waals surface area contributed by atoms with Crippen LogP contribution in [0.3, 0.4) is 0 Å². The summed E-state index contributed by atoms with van der Waals surface area (Å²) >= 11 is 0. The molecular weight excluding hydrogens is 283 g/mol. The van der Waals surface area contributed by atoms with Gasteiger partial charge in [-0.15, -0.1) is 0 Å². The van der Waals surface area contributed by atoms with E-state index in [4.69, 9.17) is 9.47 Å². The van der Waals surface area contributed by atoms with Gasteiger partial charge in [-0.05, 0) is 25.1 Å². The molecule has 21 heavy (non-hydrogen) atoms. The number of alkyl halides is 3. The molecule has 0 spiro atoms. The fourth-order valence-electron chi connectivity index (χ4n) is 2.10. The Bertz CT molecular complexity index is 654. The van der Waals surface area contributed by atoms with Crippen molar-refractivity contribution in [3.8, 4) is 22.6 Å². The summed E-state index contributed by atoms with van der Waals surface area (Å²) in [7, 11) is 2.54. The molecule has 0 saturated carbocycles. The van der Waals surface area contributed by atoms with E-state index in [1.807, 2.05) is 0 Å². The molecular formula is C15H14F3NO2. The first-order valence-electron chi connectivity index (χ1n) is 6.13. The fourth-order valence-corrected chi connectivity index (χ4v) is 2.10. The largest absolute Gasteiger partial charge is 0.496 e. The summed E-state index contributed by atoms with van der Waals surface area (Å²) in [5.41, 5.74) is 1.03. The van der Waals surface area contributed by atoms with Crippen LogP contribution in [0.1, 0.15) is 11.3 Å². The highest BCUT2D eigenvalue weighted by molar-refractivity contribution is 5.74. The Morgan fingerprint density at radius 2 is 1.67 bits per heavy atom. The van der Waals surface area contributed by atoms with Gasteiger partial charge in [-0.2, -0.15) is 13.2 Å². The van der Waals surface area contributed by atoms with Crippen molar-refractivity contribution in [3.05, 3.63) is 41.7 Å². The highest BCUT2D eigenvalue weighted by atomic mass is 19.4. The molecule has 0 saturated heterocycles. The predicted octanol–water partition coefficient (Wildman–Crippen LogP) is 4.09. The minimum atomic E-state index is -4.51. The van der Waals surface area contributed by atoms with Gasteiger partial charge in [0.15, 0.2) is 0 Å². The van der Waals surface area contributed by atoms with Gasteiger partial charge in [-0.25, -0.2) is 0 Å². The summed E-state index contributed by atoms with van der Waals surface area (Å²) in [6.45, 7) is 1.78. The lowest BCUT2D eigenvalue weighted by Crippen LogP contribution is -2.08. The molecule has 0 aliphatic carbocycles. The third-order valence-electron chi connectivity index (χ3n) is 3.12. The van der Waals surface area contributed by atoms with Gasteiger partial charge in [-0.3, -0.25) is 4.98 Å². The van der Waals surface area contributed by atoms with E-state index in [0.29, 0.717) is 16.8 Å². The van der Waals surface area contributed by atoms with Gasteiger partial charge >= 0.3 is 6.18 Å². The maximum atomic E-state index is 13.0. The Labute approximate surface area is 120 Å². The fraction of sp³-hybridized carbons (Fsp3) is 0.267. The molecule has 1 aromatic carbocycles. The third-order valence-corrected chi connectivity index (χ3v) is 3.12. The summed E-state index contributed by atoms with van der Waals surface area (Å²) in [4.78, 5) is 4.14. The molecule has 0 radical (unpaired) electrons. The van der Waals surface area contributed by atoms with Gasteiger partial charge in [-0.1, -0.05) is 6.07 Å². The maximum absolute atomic E-state index is 13.0. The second-order valence-electron chi connectivity index (χ2n) is 4.39. The first-order chi connectivity index (χ1) is 9.88. The Kier molecular flexibility index (Phi) is 4.06. The number of ether oxygens (including phenoxy) is 2. The van der Waals surface area contributed by atoms with Crippen LogP contribution in [0.15, 0.2) is 30.5 Å². The van der Waals surface area contributed by atoms with Crippen molar-refractivity contribution in [1.29, 1.82) is 0 Å².